The summed E-state index contributed by atoms with van der Waals surface area (Å²) in [6, 6.07) is 1.74. The zero-order valence-electron chi connectivity index (χ0n) is 9.11. The average molecular weight is 254 g/mol. The smallest absolute Gasteiger partial charge is 0.348 e. The van der Waals surface area contributed by atoms with Crippen molar-refractivity contribution in [3.8, 4) is 0 Å². The standard InChI is InChI=1S/C10H12ClN5O/c11-5-10(2-1-3-10)13-7-4-8-14-15-9(17)16(8)6-12-7/h4,6,13H,1-3,5H2,(H,15,17). The van der Waals surface area contributed by atoms with Crippen molar-refractivity contribution in [2.45, 2.75) is 24.8 Å². The van der Waals surface area contributed by atoms with Gasteiger partial charge in [0.05, 0.1) is 5.54 Å². The number of nitrogens with zero attached hydrogens (tertiary/aromatic N) is 3. The Morgan fingerprint density at radius 3 is 3.06 bits per heavy atom. The predicted molar refractivity (Wildman–Crippen MR) is 64.5 cm³/mol. The highest BCUT2D eigenvalue weighted by Crippen LogP contribution is 2.35. The van der Waals surface area contributed by atoms with Crippen LogP contribution in [0.2, 0.25) is 0 Å². The second-order valence-corrected chi connectivity index (χ2v) is 4.69. The fourth-order valence-electron chi connectivity index (χ4n) is 2.05. The lowest BCUT2D eigenvalue weighted by Gasteiger charge is -2.41. The summed E-state index contributed by atoms with van der Waals surface area (Å²) in [6.45, 7) is 0. The molecule has 1 saturated carbocycles. The fraction of sp³-hybridized carbons (Fsp3) is 0.500. The van der Waals surface area contributed by atoms with Crippen LogP contribution in [-0.2, 0) is 0 Å². The maximum atomic E-state index is 11.3. The van der Waals surface area contributed by atoms with Crippen LogP contribution in [0, 0.1) is 0 Å². The summed E-state index contributed by atoms with van der Waals surface area (Å²) in [5.74, 6) is 1.27. The number of halogens is 1. The molecule has 0 saturated heterocycles. The molecule has 3 rings (SSSR count). The van der Waals surface area contributed by atoms with Gasteiger partial charge in [-0.3, -0.25) is 0 Å². The molecule has 0 amide bonds. The van der Waals surface area contributed by atoms with E-state index in [1.54, 1.807) is 6.07 Å². The normalized spacial score (nSPS) is 17.9. The van der Waals surface area contributed by atoms with E-state index >= 15 is 0 Å². The minimum Gasteiger partial charge on any atom is -0.363 e. The number of aromatic amines is 1. The molecule has 0 bridgehead atoms. The Hall–Kier alpha value is -1.56. The van der Waals surface area contributed by atoms with Crippen molar-refractivity contribution in [1.29, 1.82) is 0 Å². The first-order chi connectivity index (χ1) is 8.22. The van der Waals surface area contributed by atoms with Crippen LogP contribution in [0.25, 0.3) is 5.65 Å². The van der Waals surface area contributed by atoms with E-state index in [0.717, 1.165) is 12.8 Å². The Morgan fingerprint density at radius 1 is 1.59 bits per heavy atom. The van der Waals surface area contributed by atoms with Crippen LogP contribution in [0.15, 0.2) is 17.2 Å². The van der Waals surface area contributed by atoms with Gasteiger partial charge in [0.25, 0.3) is 0 Å². The summed E-state index contributed by atoms with van der Waals surface area (Å²) >= 11 is 5.97. The zero-order valence-corrected chi connectivity index (χ0v) is 9.87. The van der Waals surface area contributed by atoms with E-state index in [1.807, 2.05) is 0 Å². The third-order valence-electron chi connectivity index (χ3n) is 3.27. The Kier molecular flexibility index (Phi) is 2.32. The van der Waals surface area contributed by atoms with Crippen molar-refractivity contribution in [3.63, 3.8) is 0 Å². The molecule has 1 aliphatic carbocycles. The maximum Gasteiger partial charge on any atom is 0.348 e. The Labute approximate surface area is 102 Å². The highest BCUT2D eigenvalue weighted by Gasteiger charge is 2.36. The van der Waals surface area contributed by atoms with E-state index in [-0.39, 0.29) is 11.2 Å². The molecule has 2 aromatic rings. The lowest BCUT2D eigenvalue weighted by molar-refractivity contribution is 0.310. The van der Waals surface area contributed by atoms with Crippen molar-refractivity contribution in [2.24, 2.45) is 0 Å². The van der Waals surface area contributed by atoms with E-state index < -0.39 is 0 Å². The SMILES string of the molecule is O=c1[nH]nc2cc(NC3(CCl)CCC3)ncn12. The molecule has 2 aromatic heterocycles. The molecule has 0 unspecified atom stereocenters. The van der Waals surface area contributed by atoms with Gasteiger partial charge in [0.2, 0.25) is 0 Å². The van der Waals surface area contributed by atoms with Gasteiger partial charge >= 0.3 is 5.69 Å². The van der Waals surface area contributed by atoms with Crippen LogP contribution in [0.3, 0.4) is 0 Å². The molecule has 0 atom stereocenters. The van der Waals surface area contributed by atoms with E-state index in [2.05, 4.69) is 20.5 Å². The number of hydrogen-bond donors (Lipinski definition) is 2. The van der Waals surface area contributed by atoms with Crippen molar-refractivity contribution >= 4 is 23.1 Å². The topological polar surface area (TPSA) is 75.1 Å². The van der Waals surface area contributed by atoms with Gasteiger partial charge in [0, 0.05) is 11.9 Å². The number of rotatable bonds is 3. The first-order valence-corrected chi connectivity index (χ1v) is 6.03. The Morgan fingerprint density at radius 2 is 2.41 bits per heavy atom. The second-order valence-electron chi connectivity index (χ2n) is 4.42. The van der Waals surface area contributed by atoms with Crippen molar-refractivity contribution in [3.05, 3.63) is 22.9 Å². The highest BCUT2D eigenvalue weighted by atomic mass is 35.5. The summed E-state index contributed by atoms with van der Waals surface area (Å²) in [6.07, 6.45) is 4.75. The predicted octanol–water partition coefficient (Wildman–Crippen LogP) is 0.991. The number of anilines is 1. The van der Waals surface area contributed by atoms with Gasteiger partial charge < -0.3 is 5.32 Å². The van der Waals surface area contributed by atoms with Gasteiger partial charge in [-0.25, -0.2) is 19.3 Å². The van der Waals surface area contributed by atoms with Crippen molar-refractivity contribution < 1.29 is 0 Å². The van der Waals surface area contributed by atoms with Crippen LogP contribution in [-0.4, -0.2) is 31.0 Å². The van der Waals surface area contributed by atoms with Crippen LogP contribution < -0.4 is 11.0 Å². The third kappa shape index (κ3) is 1.68. The van der Waals surface area contributed by atoms with Crippen LogP contribution in [0.5, 0.6) is 0 Å². The van der Waals surface area contributed by atoms with E-state index in [4.69, 9.17) is 11.6 Å². The minimum atomic E-state index is -0.283. The molecule has 2 N–H and O–H groups in total. The Balaban J connectivity index is 1.93. The molecular weight excluding hydrogens is 242 g/mol. The van der Waals surface area contributed by atoms with Gasteiger partial charge in [-0.2, -0.15) is 5.10 Å². The largest absolute Gasteiger partial charge is 0.363 e. The number of aromatic nitrogens is 4. The van der Waals surface area contributed by atoms with Crippen molar-refractivity contribution in [2.75, 3.05) is 11.2 Å². The van der Waals surface area contributed by atoms with E-state index in [0.29, 0.717) is 17.3 Å². The second kappa shape index (κ2) is 3.73. The zero-order chi connectivity index (χ0) is 11.9. The lowest BCUT2D eigenvalue weighted by Crippen LogP contribution is -2.47. The maximum absolute atomic E-state index is 11.3. The fourth-order valence-corrected chi connectivity index (χ4v) is 2.38. The first-order valence-electron chi connectivity index (χ1n) is 5.49. The molecule has 7 heteroatoms. The molecule has 0 aromatic carbocycles. The summed E-state index contributed by atoms with van der Waals surface area (Å²) in [5.41, 5.74) is 0.232. The molecule has 6 nitrogen and oxygen atoms in total. The number of fused-ring (bicyclic) bond motifs is 1. The summed E-state index contributed by atoms with van der Waals surface area (Å²) < 4.78 is 1.36. The van der Waals surface area contributed by atoms with Gasteiger partial charge in [0.1, 0.15) is 12.1 Å². The quantitative estimate of drug-likeness (QED) is 0.800. The van der Waals surface area contributed by atoms with Crippen LogP contribution >= 0.6 is 11.6 Å². The molecule has 0 spiro atoms. The molecule has 1 fully saturated rings. The molecule has 90 valence electrons. The van der Waals surface area contributed by atoms with E-state index in [9.17, 15) is 4.79 Å². The number of H-pyrrole nitrogens is 1. The average Bonchev–Trinajstić information content (AvgIpc) is 2.65. The monoisotopic (exact) mass is 253 g/mol. The number of alkyl halides is 1. The van der Waals surface area contributed by atoms with Crippen LogP contribution in [0.1, 0.15) is 19.3 Å². The molecule has 2 heterocycles. The Bertz CT molecular complexity index is 594. The third-order valence-corrected chi connectivity index (χ3v) is 3.78. The lowest BCUT2D eigenvalue weighted by atomic mass is 9.78. The minimum absolute atomic E-state index is 0.0382. The van der Waals surface area contributed by atoms with Gasteiger partial charge in [0.15, 0.2) is 5.65 Å². The van der Waals surface area contributed by atoms with Crippen LogP contribution in [0.4, 0.5) is 5.82 Å². The summed E-state index contributed by atoms with van der Waals surface area (Å²) in [4.78, 5) is 15.5. The van der Waals surface area contributed by atoms with E-state index in [1.165, 1.54) is 17.1 Å². The van der Waals surface area contributed by atoms with Gasteiger partial charge in [-0.1, -0.05) is 0 Å². The molecular formula is C10H12ClN5O. The highest BCUT2D eigenvalue weighted by molar-refractivity contribution is 6.19. The molecule has 1 aliphatic rings. The summed E-state index contributed by atoms with van der Waals surface area (Å²) in [7, 11) is 0. The van der Waals surface area contributed by atoms with Gasteiger partial charge in [-0.15, -0.1) is 11.6 Å². The summed E-state index contributed by atoms with van der Waals surface area (Å²) in [5, 5.41) is 9.59. The first kappa shape index (κ1) is 10.6. The number of nitrogens with one attached hydrogen (secondary N) is 2. The molecule has 0 aliphatic heterocycles. The molecule has 17 heavy (non-hydrogen) atoms. The number of hydrogen-bond acceptors (Lipinski definition) is 4. The molecule has 0 radical (unpaired) electrons. The van der Waals surface area contributed by atoms with Gasteiger partial charge in [-0.05, 0) is 19.3 Å². The van der Waals surface area contributed by atoms with Crippen molar-refractivity contribution in [1.82, 2.24) is 19.6 Å².